The molecule has 1 amide bonds. The maximum Gasteiger partial charge on any atom is 0.286 e. The summed E-state index contributed by atoms with van der Waals surface area (Å²) < 4.78 is 5.54. The maximum absolute atomic E-state index is 12.8. The van der Waals surface area contributed by atoms with Gasteiger partial charge in [0, 0.05) is 18.0 Å². The number of likely N-dealkylation sites (tertiary alicyclic amines) is 1. The Morgan fingerprint density at radius 1 is 1.28 bits per heavy atom. The maximum atomic E-state index is 12.8. The van der Waals surface area contributed by atoms with E-state index in [-0.39, 0.29) is 42.3 Å². The number of nitrogens with zero attached hydrogens (tertiary/aromatic N) is 4. The normalized spacial score (nSPS) is 21.2. The monoisotopic (exact) mass is 350 g/mol. The molecule has 1 atom stereocenters. The quantitative estimate of drug-likeness (QED) is 0.602. The van der Waals surface area contributed by atoms with Crippen molar-refractivity contribution in [2.45, 2.75) is 64.0 Å². The number of rotatable bonds is 6. The average molecular weight is 350 g/mol. The van der Waals surface area contributed by atoms with Crippen LogP contribution >= 0.6 is 0 Å². The van der Waals surface area contributed by atoms with E-state index in [1.807, 2.05) is 20.8 Å². The van der Waals surface area contributed by atoms with Gasteiger partial charge in [-0.15, -0.1) is 10.2 Å². The zero-order valence-corrected chi connectivity index (χ0v) is 15.1. The molecule has 8 heteroatoms. The van der Waals surface area contributed by atoms with Gasteiger partial charge in [-0.2, -0.15) is 0 Å². The third-order valence-corrected chi connectivity index (χ3v) is 4.74. The molecule has 1 saturated carbocycles. The van der Waals surface area contributed by atoms with Crippen LogP contribution in [0.4, 0.5) is 0 Å². The molecule has 138 valence electrons. The Hall–Kier alpha value is -1.80. The molecule has 0 spiro atoms. The minimum absolute atomic E-state index is 0.0316. The van der Waals surface area contributed by atoms with Crippen LogP contribution in [-0.4, -0.2) is 68.7 Å². The summed E-state index contributed by atoms with van der Waals surface area (Å²) >= 11 is 0. The van der Waals surface area contributed by atoms with E-state index in [4.69, 9.17) is 4.42 Å². The van der Waals surface area contributed by atoms with Gasteiger partial charge < -0.3 is 14.4 Å². The molecule has 1 aromatic rings. The minimum atomic E-state index is -0.555. The van der Waals surface area contributed by atoms with Crippen LogP contribution in [0.25, 0.3) is 0 Å². The number of aliphatic hydroxyl groups is 1. The van der Waals surface area contributed by atoms with Crippen LogP contribution in [0, 0.1) is 0 Å². The minimum Gasteiger partial charge on any atom is -0.418 e. The summed E-state index contributed by atoms with van der Waals surface area (Å²) in [4.78, 5) is 28.7. The Kier molecular flexibility index (Phi) is 4.92. The van der Waals surface area contributed by atoms with Gasteiger partial charge >= 0.3 is 0 Å². The fourth-order valence-electron chi connectivity index (χ4n) is 3.11. The van der Waals surface area contributed by atoms with Gasteiger partial charge in [0.25, 0.3) is 5.89 Å². The highest BCUT2D eigenvalue weighted by atomic mass is 16.4. The molecular formula is C17H26N4O4. The highest BCUT2D eigenvalue weighted by Gasteiger charge is 2.39. The number of hydrogen-bond acceptors (Lipinski definition) is 7. The van der Waals surface area contributed by atoms with Gasteiger partial charge in [-0.3, -0.25) is 14.5 Å². The summed E-state index contributed by atoms with van der Waals surface area (Å²) in [5.74, 6) is -0.0501. The van der Waals surface area contributed by atoms with E-state index in [1.165, 1.54) is 0 Å². The molecule has 1 unspecified atom stereocenters. The van der Waals surface area contributed by atoms with Crippen LogP contribution in [-0.2, 0) is 10.2 Å². The van der Waals surface area contributed by atoms with Crippen LogP contribution in [0.2, 0.25) is 0 Å². The van der Waals surface area contributed by atoms with E-state index in [9.17, 15) is 14.7 Å². The molecule has 1 aliphatic heterocycles. The van der Waals surface area contributed by atoms with Crippen molar-refractivity contribution in [3.8, 4) is 0 Å². The summed E-state index contributed by atoms with van der Waals surface area (Å²) in [6.45, 7) is 6.34. The summed E-state index contributed by atoms with van der Waals surface area (Å²) in [5.41, 5.74) is -0.331. The van der Waals surface area contributed by atoms with E-state index in [2.05, 4.69) is 10.2 Å². The molecule has 2 heterocycles. The van der Waals surface area contributed by atoms with Crippen LogP contribution in [0.5, 0.6) is 0 Å². The number of hydrogen-bond donors (Lipinski definition) is 1. The number of aliphatic hydroxyl groups excluding tert-OH is 1. The lowest BCUT2D eigenvalue weighted by molar-refractivity contribution is -0.133. The van der Waals surface area contributed by atoms with Crippen molar-refractivity contribution in [2.75, 3.05) is 19.8 Å². The Morgan fingerprint density at radius 3 is 2.56 bits per heavy atom. The third-order valence-electron chi connectivity index (χ3n) is 4.74. The average Bonchev–Trinajstić information content (AvgIpc) is 3.08. The summed E-state index contributed by atoms with van der Waals surface area (Å²) in [7, 11) is 0. The Bertz CT molecular complexity index is 647. The number of Topliss-reactive ketones (excluding diaryl/α,β-unsaturated/α-hetero) is 1. The van der Waals surface area contributed by atoms with Gasteiger partial charge in [-0.1, -0.05) is 20.8 Å². The second-order valence-electron chi connectivity index (χ2n) is 7.89. The second kappa shape index (κ2) is 6.84. The largest absolute Gasteiger partial charge is 0.418 e. The number of ketones is 1. The first kappa shape index (κ1) is 18.0. The van der Waals surface area contributed by atoms with Gasteiger partial charge in [0.15, 0.2) is 0 Å². The summed E-state index contributed by atoms with van der Waals surface area (Å²) in [6.07, 6.45) is 3.38. The van der Waals surface area contributed by atoms with Crippen molar-refractivity contribution in [2.24, 2.45) is 0 Å². The molecule has 1 aliphatic carbocycles. The van der Waals surface area contributed by atoms with Crippen molar-refractivity contribution >= 4 is 11.7 Å². The number of aromatic nitrogens is 2. The number of amides is 1. The van der Waals surface area contributed by atoms with Crippen molar-refractivity contribution in [1.82, 2.24) is 20.0 Å². The first-order valence-electron chi connectivity index (χ1n) is 8.84. The topological polar surface area (TPSA) is 99.8 Å². The van der Waals surface area contributed by atoms with E-state index in [1.54, 1.807) is 9.80 Å². The Balaban J connectivity index is 1.69. The molecule has 2 aliphatic rings. The molecule has 25 heavy (non-hydrogen) atoms. The fourth-order valence-corrected chi connectivity index (χ4v) is 3.11. The lowest BCUT2D eigenvalue weighted by atomic mass is 9.97. The van der Waals surface area contributed by atoms with Crippen LogP contribution < -0.4 is 0 Å². The first-order valence-corrected chi connectivity index (χ1v) is 8.84. The molecule has 0 bridgehead atoms. The molecule has 0 radical (unpaired) electrons. The predicted octanol–water partition coefficient (Wildman–Crippen LogP) is 0.955. The Morgan fingerprint density at radius 2 is 2.00 bits per heavy atom. The Labute approximate surface area is 147 Å². The van der Waals surface area contributed by atoms with Crippen molar-refractivity contribution < 1.29 is 19.1 Å². The van der Waals surface area contributed by atoms with Crippen molar-refractivity contribution in [3.05, 3.63) is 11.8 Å². The molecular weight excluding hydrogens is 324 g/mol. The molecule has 0 aromatic carbocycles. The lowest BCUT2D eigenvalue weighted by Crippen LogP contribution is -2.46. The fraction of sp³-hybridized carbons (Fsp3) is 0.765. The first-order chi connectivity index (χ1) is 11.8. The van der Waals surface area contributed by atoms with E-state index < -0.39 is 6.04 Å². The SMILES string of the molecule is CC(C)(C)c1nnc(C(=O)C2CCCN2C(=O)CN(CO)C2CC2)o1. The number of carbonyl (C=O) groups excluding carboxylic acids is 2. The van der Waals surface area contributed by atoms with Gasteiger partial charge in [0.1, 0.15) is 6.04 Å². The van der Waals surface area contributed by atoms with E-state index in [0.717, 1.165) is 19.3 Å². The molecule has 3 rings (SSSR count). The van der Waals surface area contributed by atoms with Gasteiger partial charge in [0.05, 0.1) is 13.3 Å². The van der Waals surface area contributed by atoms with E-state index >= 15 is 0 Å². The van der Waals surface area contributed by atoms with E-state index in [0.29, 0.717) is 18.9 Å². The van der Waals surface area contributed by atoms with Crippen molar-refractivity contribution in [1.29, 1.82) is 0 Å². The molecule has 8 nitrogen and oxygen atoms in total. The summed E-state index contributed by atoms with van der Waals surface area (Å²) in [5, 5.41) is 17.3. The smallest absolute Gasteiger partial charge is 0.286 e. The standard InChI is InChI=1S/C17H26N4O4/c1-17(2,3)16-19-18-15(25-16)14(24)12-5-4-8-21(12)13(23)9-20(10-22)11-6-7-11/h11-12,22H,4-10H2,1-3H3. The molecule has 1 saturated heterocycles. The zero-order valence-electron chi connectivity index (χ0n) is 15.1. The van der Waals surface area contributed by atoms with Crippen LogP contribution in [0.1, 0.15) is 63.0 Å². The van der Waals surface area contributed by atoms with Gasteiger partial charge in [-0.25, -0.2) is 0 Å². The lowest BCUT2D eigenvalue weighted by Gasteiger charge is -2.26. The highest BCUT2D eigenvalue weighted by molar-refractivity contribution is 5.98. The third kappa shape index (κ3) is 3.90. The van der Waals surface area contributed by atoms with Gasteiger partial charge in [-0.05, 0) is 25.7 Å². The number of carbonyl (C=O) groups is 2. The summed E-state index contributed by atoms with van der Waals surface area (Å²) in [6, 6.07) is -0.267. The zero-order chi connectivity index (χ0) is 18.2. The second-order valence-corrected chi connectivity index (χ2v) is 7.89. The van der Waals surface area contributed by atoms with Gasteiger partial charge in [0.2, 0.25) is 17.6 Å². The highest BCUT2D eigenvalue weighted by Crippen LogP contribution is 2.28. The predicted molar refractivity (Wildman–Crippen MR) is 88.9 cm³/mol. The van der Waals surface area contributed by atoms with Crippen LogP contribution in [0.15, 0.2) is 4.42 Å². The van der Waals surface area contributed by atoms with Crippen LogP contribution in [0.3, 0.4) is 0 Å². The molecule has 2 fully saturated rings. The molecule has 1 aromatic heterocycles. The van der Waals surface area contributed by atoms with Crippen molar-refractivity contribution in [3.63, 3.8) is 0 Å². The molecule has 1 N–H and O–H groups in total.